The number of rotatable bonds is 6. The standard InChI is InChI=1S/C25H24Cl2F4N2O2/c1-32-17(12-19-21(28)9-16(10-22(19)32)25(29,30)31)11-18-20(26)3-2-15(24(18)27)13-33-6-4-14(5-7-33)8-23(34)35/h2-3,9-10,12,14H,4-8,11,13H2,1H3,(H,34,35). The third-order valence-corrected chi connectivity index (χ3v) is 7.55. The van der Waals surface area contributed by atoms with Gasteiger partial charge in [0, 0.05) is 42.5 Å². The fourth-order valence-corrected chi connectivity index (χ4v) is 5.29. The molecule has 0 spiro atoms. The monoisotopic (exact) mass is 530 g/mol. The molecule has 4 rings (SSSR count). The van der Waals surface area contributed by atoms with E-state index >= 15 is 0 Å². The molecule has 2 aromatic carbocycles. The summed E-state index contributed by atoms with van der Waals surface area (Å²) in [5.41, 5.74) is 1.15. The number of hydrogen-bond donors (Lipinski definition) is 1. The minimum absolute atomic E-state index is 0.100. The molecule has 10 heteroatoms. The van der Waals surface area contributed by atoms with Crippen molar-refractivity contribution in [2.75, 3.05) is 13.1 Å². The fraction of sp³-hybridized carbons (Fsp3) is 0.400. The number of benzene rings is 2. The number of carboxylic acids is 1. The Balaban J connectivity index is 1.57. The lowest BCUT2D eigenvalue weighted by Gasteiger charge is -2.31. The van der Waals surface area contributed by atoms with Gasteiger partial charge in [0.25, 0.3) is 0 Å². The first-order valence-corrected chi connectivity index (χ1v) is 11.9. The van der Waals surface area contributed by atoms with Gasteiger partial charge in [-0.2, -0.15) is 13.2 Å². The number of alkyl halides is 3. The first kappa shape index (κ1) is 25.8. The molecule has 188 valence electrons. The van der Waals surface area contributed by atoms with E-state index in [1.165, 1.54) is 10.6 Å². The maximum atomic E-state index is 14.5. The number of likely N-dealkylation sites (tertiary alicyclic amines) is 1. The summed E-state index contributed by atoms with van der Waals surface area (Å²) in [6, 6.07) is 6.55. The molecule has 0 atom stereocenters. The Hall–Kier alpha value is -2.29. The van der Waals surface area contributed by atoms with Gasteiger partial charge in [-0.15, -0.1) is 0 Å². The third kappa shape index (κ3) is 5.60. The number of aromatic nitrogens is 1. The van der Waals surface area contributed by atoms with Crippen LogP contribution in [0.3, 0.4) is 0 Å². The predicted molar refractivity (Wildman–Crippen MR) is 127 cm³/mol. The second-order valence-corrected chi connectivity index (χ2v) is 9.86. The van der Waals surface area contributed by atoms with Gasteiger partial charge < -0.3 is 9.67 Å². The lowest BCUT2D eigenvalue weighted by Crippen LogP contribution is -2.34. The average molecular weight is 531 g/mol. The quantitative estimate of drug-likeness (QED) is 0.352. The van der Waals surface area contributed by atoms with E-state index in [2.05, 4.69) is 4.90 Å². The summed E-state index contributed by atoms with van der Waals surface area (Å²) in [6.45, 7) is 2.09. The molecule has 3 aromatic rings. The highest BCUT2D eigenvalue weighted by Crippen LogP contribution is 2.36. The van der Waals surface area contributed by atoms with Crippen LogP contribution in [-0.4, -0.2) is 33.6 Å². The summed E-state index contributed by atoms with van der Waals surface area (Å²) in [5, 5.41) is 9.98. The Bertz CT molecular complexity index is 1260. The summed E-state index contributed by atoms with van der Waals surface area (Å²) in [5.74, 6) is -1.55. The number of aryl methyl sites for hydroxylation is 1. The molecule has 1 fully saturated rings. The van der Waals surface area contributed by atoms with Gasteiger partial charge in [0.1, 0.15) is 5.82 Å². The molecular weight excluding hydrogens is 507 g/mol. The van der Waals surface area contributed by atoms with Gasteiger partial charge in [-0.25, -0.2) is 4.39 Å². The van der Waals surface area contributed by atoms with E-state index in [-0.39, 0.29) is 29.7 Å². The number of fused-ring (bicyclic) bond motifs is 1. The minimum Gasteiger partial charge on any atom is -0.481 e. The Morgan fingerprint density at radius 2 is 1.83 bits per heavy atom. The highest BCUT2D eigenvalue weighted by atomic mass is 35.5. The molecule has 0 saturated carbocycles. The van der Waals surface area contributed by atoms with Gasteiger partial charge in [0.2, 0.25) is 0 Å². The molecule has 1 aliphatic rings. The Morgan fingerprint density at radius 1 is 1.14 bits per heavy atom. The molecule has 0 radical (unpaired) electrons. The van der Waals surface area contributed by atoms with Crippen molar-refractivity contribution in [3.8, 4) is 0 Å². The van der Waals surface area contributed by atoms with Gasteiger partial charge in [0.15, 0.2) is 0 Å². The minimum atomic E-state index is -4.65. The van der Waals surface area contributed by atoms with Crippen molar-refractivity contribution in [3.05, 3.63) is 68.6 Å². The summed E-state index contributed by atoms with van der Waals surface area (Å²) in [7, 11) is 1.59. The van der Waals surface area contributed by atoms with Gasteiger partial charge in [-0.05, 0) is 67.2 Å². The summed E-state index contributed by atoms with van der Waals surface area (Å²) in [6.07, 6.45) is -2.66. The maximum Gasteiger partial charge on any atom is 0.416 e. The van der Waals surface area contributed by atoms with Crippen molar-refractivity contribution in [2.24, 2.45) is 13.0 Å². The smallest absolute Gasteiger partial charge is 0.416 e. The fourth-order valence-electron chi connectivity index (χ4n) is 4.72. The van der Waals surface area contributed by atoms with Crippen LogP contribution in [0.15, 0.2) is 30.3 Å². The molecule has 35 heavy (non-hydrogen) atoms. The molecule has 4 nitrogen and oxygen atoms in total. The molecule has 2 heterocycles. The van der Waals surface area contributed by atoms with Crippen LogP contribution in [-0.2, 0) is 31.0 Å². The zero-order valence-electron chi connectivity index (χ0n) is 18.9. The Kier molecular flexibility index (Phi) is 7.36. The molecule has 0 aliphatic carbocycles. The Labute approximate surface area is 210 Å². The van der Waals surface area contributed by atoms with Crippen LogP contribution in [0.1, 0.15) is 41.6 Å². The summed E-state index contributed by atoms with van der Waals surface area (Å²) >= 11 is 13.2. The first-order chi connectivity index (χ1) is 16.4. The van der Waals surface area contributed by atoms with Crippen molar-refractivity contribution >= 4 is 40.1 Å². The second-order valence-electron chi connectivity index (χ2n) is 9.08. The van der Waals surface area contributed by atoms with Crippen LogP contribution in [0.2, 0.25) is 10.0 Å². The maximum absolute atomic E-state index is 14.5. The van der Waals surface area contributed by atoms with E-state index in [0.29, 0.717) is 33.9 Å². The topological polar surface area (TPSA) is 45.5 Å². The SMILES string of the molecule is Cn1c(Cc2c(Cl)ccc(CN3CCC(CC(=O)O)CC3)c2Cl)cc2c(F)cc(C(F)(F)F)cc21. The van der Waals surface area contributed by atoms with Crippen LogP contribution < -0.4 is 0 Å². The normalized spacial score (nSPS) is 15.7. The van der Waals surface area contributed by atoms with E-state index in [9.17, 15) is 22.4 Å². The van der Waals surface area contributed by atoms with Crippen LogP contribution in [0.5, 0.6) is 0 Å². The van der Waals surface area contributed by atoms with Crippen molar-refractivity contribution in [3.63, 3.8) is 0 Å². The molecule has 1 N–H and O–H groups in total. The van der Waals surface area contributed by atoms with Gasteiger partial charge in [-0.3, -0.25) is 9.69 Å². The molecular formula is C25H24Cl2F4N2O2. The number of aliphatic carboxylic acids is 1. The molecule has 0 amide bonds. The zero-order valence-corrected chi connectivity index (χ0v) is 20.4. The third-order valence-electron chi connectivity index (χ3n) is 6.73. The first-order valence-electron chi connectivity index (χ1n) is 11.2. The van der Waals surface area contributed by atoms with Crippen molar-refractivity contribution in [1.29, 1.82) is 0 Å². The van der Waals surface area contributed by atoms with E-state index in [1.54, 1.807) is 13.1 Å². The van der Waals surface area contributed by atoms with Crippen LogP contribution in [0.4, 0.5) is 17.6 Å². The van der Waals surface area contributed by atoms with E-state index in [0.717, 1.165) is 37.6 Å². The number of carboxylic acid groups (broad SMARTS) is 1. The molecule has 1 aromatic heterocycles. The lowest BCUT2D eigenvalue weighted by molar-refractivity contribution is -0.139. The van der Waals surface area contributed by atoms with Gasteiger partial charge >= 0.3 is 12.1 Å². The van der Waals surface area contributed by atoms with Crippen LogP contribution in [0, 0.1) is 11.7 Å². The lowest BCUT2D eigenvalue weighted by atomic mass is 9.93. The predicted octanol–water partition coefficient (Wildman–Crippen LogP) is 6.92. The average Bonchev–Trinajstić information content (AvgIpc) is 3.09. The van der Waals surface area contributed by atoms with Crippen molar-refractivity contribution < 1.29 is 27.5 Å². The summed E-state index contributed by atoms with van der Waals surface area (Å²) in [4.78, 5) is 13.2. The Morgan fingerprint density at radius 3 is 2.46 bits per heavy atom. The molecule has 0 unspecified atom stereocenters. The number of halogens is 6. The van der Waals surface area contributed by atoms with E-state index in [4.69, 9.17) is 28.3 Å². The highest BCUT2D eigenvalue weighted by Gasteiger charge is 2.32. The van der Waals surface area contributed by atoms with E-state index < -0.39 is 23.5 Å². The number of hydrogen-bond acceptors (Lipinski definition) is 2. The van der Waals surface area contributed by atoms with Gasteiger partial charge in [-0.1, -0.05) is 29.3 Å². The molecule has 0 bridgehead atoms. The second kappa shape index (κ2) is 9.99. The zero-order chi connectivity index (χ0) is 25.5. The molecule has 1 aliphatic heterocycles. The number of piperidine rings is 1. The van der Waals surface area contributed by atoms with Crippen LogP contribution >= 0.6 is 23.2 Å². The van der Waals surface area contributed by atoms with E-state index in [1.807, 2.05) is 6.07 Å². The largest absolute Gasteiger partial charge is 0.481 e. The van der Waals surface area contributed by atoms with Crippen molar-refractivity contribution in [1.82, 2.24) is 9.47 Å². The summed E-state index contributed by atoms with van der Waals surface area (Å²) < 4.78 is 55.5. The van der Waals surface area contributed by atoms with Crippen LogP contribution in [0.25, 0.3) is 10.9 Å². The molecule has 1 saturated heterocycles. The number of carbonyl (C=O) groups is 1. The van der Waals surface area contributed by atoms with Crippen molar-refractivity contribution in [2.45, 2.75) is 38.4 Å². The highest BCUT2D eigenvalue weighted by molar-refractivity contribution is 6.36. The van der Waals surface area contributed by atoms with Gasteiger partial charge in [0.05, 0.1) is 16.1 Å². The number of nitrogens with zero attached hydrogens (tertiary/aromatic N) is 2.